The van der Waals surface area contributed by atoms with Crippen LogP contribution in [0.3, 0.4) is 0 Å². The number of benzene rings is 1. The molecule has 0 saturated heterocycles. The van der Waals surface area contributed by atoms with Crippen molar-refractivity contribution in [2.24, 2.45) is 0 Å². The highest BCUT2D eigenvalue weighted by Gasteiger charge is 2.13. The van der Waals surface area contributed by atoms with Crippen LogP contribution in [0.25, 0.3) is 5.69 Å². The molecule has 0 atom stereocenters. The van der Waals surface area contributed by atoms with Crippen molar-refractivity contribution in [1.82, 2.24) is 9.55 Å². The van der Waals surface area contributed by atoms with E-state index < -0.39 is 11.2 Å². The van der Waals surface area contributed by atoms with Gasteiger partial charge in [0.1, 0.15) is 5.15 Å². The summed E-state index contributed by atoms with van der Waals surface area (Å²) < 4.78 is 0.998. The monoisotopic (exact) mass is 289 g/mol. The van der Waals surface area contributed by atoms with Gasteiger partial charge in [0.15, 0.2) is 0 Å². The molecule has 0 amide bonds. The number of halogens is 1. The highest BCUT2D eigenvalue weighted by atomic mass is 35.5. The van der Waals surface area contributed by atoms with Gasteiger partial charge in [-0.25, -0.2) is 9.36 Å². The molecule has 0 spiro atoms. The number of rotatable bonds is 3. The minimum atomic E-state index is -0.616. The maximum Gasteiger partial charge on any atom is 0.334 e. The Morgan fingerprint density at radius 1 is 1.40 bits per heavy atom. The molecule has 1 N–H and O–H groups in total. The molecular formula is C14H12ClN3O2. The molecule has 5 nitrogen and oxygen atoms in total. The second-order valence-electron chi connectivity index (χ2n) is 4.28. The summed E-state index contributed by atoms with van der Waals surface area (Å²) in [4.78, 5) is 26.8. The van der Waals surface area contributed by atoms with Crippen molar-refractivity contribution < 1.29 is 0 Å². The van der Waals surface area contributed by atoms with Crippen molar-refractivity contribution in [3.63, 3.8) is 0 Å². The Hall–Kier alpha value is -2.32. The van der Waals surface area contributed by atoms with Crippen LogP contribution in [-0.4, -0.2) is 9.55 Å². The molecule has 2 rings (SSSR count). The summed E-state index contributed by atoms with van der Waals surface area (Å²) in [7, 11) is 0. The van der Waals surface area contributed by atoms with Crippen LogP contribution in [0.2, 0.25) is 5.15 Å². The highest BCUT2D eigenvalue weighted by molar-refractivity contribution is 6.30. The van der Waals surface area contributed by atoms with Crippen LogP contribution in [0.4, 0.5) is 0 Å². The summed E-state index contributed by atoms with van der Waals surface area (Å²) in [6.45, 7) is 1.92. The zero-order chi connectivity index (χ0) is 14.7. The summed E-state index contributed by atoms with van der Waals surface area (Å²) in [5, 5.41) is 8.96. The molecule has 2 aromatic rings. The molecule has 1 heterocycles. The van der Waals surface area contributed by atoms with Crippen molar-refractivity contribution in [1.29, 1.82) is 5.26 Å². The Kier molecular flexibility index (Phi) is 4.06. The zero-order valence-corrected chi connectivity index (χ0v) is 11.6. The molecule has 1 aromatic heterocycles. The van der Waals surface area contributed by atoms with Gasteiger partial charge in [-0.3, -0.25) is 9.78 Å². The quantitative estimate of drug-likeness (QED) is 0.878. The zero-order valence-electron chi connectivity index (χ0n) is 10.8. The van der Waals surface area contributed by atoms with E-state index in [0.717, 1.165) is 11.0 Å². The Bertz CT molecular complexity index is 799. The van der Waals surface area contributed by atoms with E-state index in [0.29, 0.717) is 23.2 Å². The number of nitrogens with one attached hydrogen (secondary N) is 1. The summed E-state index contributed by atoms with van der Waals surface area (Å²) in [5.74, 6) is 0. The van der Waals surface area contributed by atoms with Crippen LogP contribution in [0.15, 0.2) is 33.9 Å². The normalized spacial score (nSPS) is 10.2. The summed E-state index contributed by atoms with van der Waals surface area (Å²) in [6, 6.07) is 8.28. The lowest BCUT2D eigenvalue weighted by Gasteiger charge is -2.08. The molecule has 0 aliphatic rings. The smallest absolute Gasteiger partial charge is 0.297 e. The maximum atomic E-state index is 12.4. The molecule has 0 aliphatic carbocycles. The summed E-state index contributed by atoms with van der Waals surface area (Å²) in [6.07, 6.45) is 1.21. The van der Waals surface area contributed by atoms with Crippen molar-refractivity contribution in [2.45, 2.75) is 19.8 Å². The molecule has 0 saturated carbocycles. The predicted molar refractivity (Wildman–Crippen MR) is 76.4 cm³/mol. The average molecular weight is 290 g/mol. The van der Waals surface area contributed by atoms with Crippen LogP contribution in [0.1, 0.15) is 24.5 Å². The summed E-state index contributed by atoms with van der Waals surface area (Å²) >= 11 is 5.91. The molecule has 0 unspecified atom stereocenters. The van der Waals surface area contributed by atoms with Gasteiger partial charge in [-0.2, -0.15) is 5.26 Å². The highest BCUT2D eigenvalue weighted by Crippen LogP contribution is 2.11. The second kappa shape index (κ2) is 5.76. The number of nitriles is 1. The predicted octanol–water partition coefficient (Wildman–Crippen LogP) is 2.00. The number of aromatic amines is 1. The fraction of sp³-hybridized carbons (Fsp3) is 0.214. The third-order valence-electron chi connectivity index (χ3n) is 2.88. The number of hydrogen-bond donors (Lipinski definition) is 1. The van der Waals surface area contributed by atoms with Gasteiger partial charge >= 0.3 is 5.69 Å². The van der Waals surface area contributed by atoms with Crippen molar-refractivity contribution in [3.8, 4) is 11.8 Å². The van der Waals surface area contributed by atoms with E-state index in [1.54, 1.807) is 18.2 Å². The van der Waals surface area contributed by atoms with E-state index in [4.69, 9.17) is 16.9 Å². The standard InChI is InChI=1S/C14H12ClN3O2/c1-2-4-11-12(15)17-14(20)18(13(11)19)10-6-3-5-9(7-10)8-16/h3,5-7H,2,4H2,1H3,(H,17,20). The molecule has 102 valence electrons. The van der Waals surface area contributed by atoms with Gasteiger partial charge in [-0.05, 0) is 24.6 Å². The number of nitrogens with zero attached hydrogens (tertiary/aromatic N) is 2. The first-order valence-corrected chi connectivity index (χ1v) is 6.50. The van der Waals surface area contributed by atoms with Crippen LogP contribution in [0.5, 0.6) is 0 Å². The number of H-pyrrole nitrogens is 1. The third-order valence-corrected chi connectivity index (χ3v) is 3.20. The van der Waals surface area contributed by atoms with Crippen LogP contribution in [-0.2, 0) is 6.42 Å². The molecule has 0 fully saturated rings. The molecule has 20 heavy (non-hydrogen) atoms. The molecule has 6 heteroatoms. The number of hydrogen-bond acceptors (Lipinski definition) is 3. The van der Waals surface area contributed by atoms with Gasteiger partial charge in [-0.1, -0.05) is 31.0 Å². The van der Waals surface area contributed by atoms with E-state index in [9.17, 15) is 9.59 Å². The fourth-order valence-corrected chi connectivity index (χ4v) is 2.22. The van der Waals surface area contributed by atoms with Gasteiger partial charge < -0.3 is 0 Å². The Morgan fingerprint density at radius 3 is 2.80 bits per heavy atom. The van der Waals surface area contributed by atoms with E-state index in [1.807, 2.05) is 13.0 Å². The molecular weight excluding hydrogens is 278 g/mol. The molecule has 0 bridgehead atoms. The summed E-state index contributed by atoms with van der Waals surface area (Å²) in [5.41, 5.74) is 0.0341. The maximum absolute atomic E-state index is 12.4. The van der Waals surface area contributed by atoms with E-state index in [2.05, 4.69) is 4.98 Å². The largest absolute Gasteiger partial charge is 0.334 e. The van der Waals surface area contributed by atoms with Crippen LogP contribution in [0, 0.1) is 11.3 Å². The van der Waals surface area contributed by atoms with Crippen LogP contribution < -0.4 is 11.2 Å². The minimum absolute atomic E-state index is 0.0783. The van der Waals surface area contributed by atoms with E-state index in [-0.39, 0.29) is 5.15 Å². The SMILES string of the molecule is CCCc1c(Cl)[nH]c(=O)n(-c2cccc(C#N)c2)c1=O. The van der Waals surface area contributed by atoms with Gasteiger partial charge in [-0.15, -0.1) is 0 Å². The van der Waals surface area contributed by atoms with E-state index >= 15 is 0 Å². The Balaban J connectivity index is 2.74. The number of aromatic nitrogens is 2. The van der Waals surface area contributed by atoms with Gasteiger partial charge in [0.2, 0.25) is 0 Å². The first-order chi connectivity index (χ1) is 9.58. The van der Waals surface area contributed by atoms with Crippen molar-refractivity contribution >= 4 is 11.6 Å². The van der Waals surface area contributed by atoms with Crippen molar-refractivity contribution in [3.05, 3.63) is 61.4 Å². The minimum Gasteiger partial charge on any atom is -0.297 e. The fourth-order valence-electron chi connectivity index (χ4n) is 1.96. The molecule has 0 aliphatic heterocycles. The van der Waals surface area contributed by atoms with Gasteiger partial charge in [0.05, 0.1) is 22.9 Å². The van der Waals surface area contributed by atoms with E-state index in [1.165, 1.54) is 6.07 Å². The van der Waals surface area contributed by atoms with Crippen molar-refractivity contribution in [2.75, 3.05) is 0 Å². The third kappa shape index (κ3) is 2.51. The Morgan fingerprint density at radius 2 is 2.15 bits per heavy atom. The average Bonchev–Trinajstić information content (AvgIpc) is 2.43. The second-order valence-corrected chi connectivity index (χ2v) is 4.65. The first-order valence-electron chi connectivity index (χ1n) is 6.12. The van der Waals surface area contributed by atoms with Crippen LogP contribution >= 0.6 is 11.6 Å². The molecule has 0 radical (unpaired) electrons. The first kappa shape index (κ1) is 14.1. The lowest BCUT2D eigenvalue weighted by atomic mass is 10.2. The van der Waals surface area contributed by atoms with Gasteiger partial charge in [0.25, 0.3) is 5.56 Å². The molecule has 1 aromatic carbocycles. The lowest BCUT2D eigenvalue weighted by molar-refractivity contribution is 0.811. The Labute approximate surface area is 120 Å². The van der Waals surface area contributed by atoms with Gasteiger partial charge in [0, 0.05) is 0 Å². The topological polar surface area (TPSA) is 78.7 Å². The lowest BCUT2D eigenvalue weighted by Crippen LogP contribution is -2.36.